The molecule has 1 aliphatic heterocycles. The van der Waals surface area contributed by atoms with E-state index in [1.807, 2.05) is 12.1 Å². The minimum Gasteiger partial charge on any atom is -0.370 e. The molecule has 1 heterocycles. The molecule has 2 amide bonds. The van der Waals surface area contributed by atoms with Gasteiger partial charge in [0, 0.05) is 22.2 Å². The summed E-state index contributed by atoms with van der Waals surface area (Å²) in [6.45, 7) is 0. The second-order valence-electron chi connectivity index (χ2n) is 7.64. The molecule has 2 N–H and O–H groups in total. The largest absolute Gasteiger partial charge is 0.370 e. The molecule has 4 rings (SSSR count). The summed E-state index contributed by atoms with van der Waals surface area (Å²) in [5.74, 6) is 0.0902. The smallest absolute Gasteiger partial charge is 0.324 e. The first-order valence-electron chi connectivity index (χ1n) is 9.16. The van der Waals surface area contributed by atoms with Crippen molar-refractivity contribution in [3.63, 3.8) is 0 Å². The number of nitrogens with one attached hydrogen (secondary N) is 1. The first-order valence-corrected chi connectivity index (χ1v) is 9.53. The fraction of sp³-hybridized carbons (Fsp3) is 0.632. The second-order valence-corrected chi connectivity index (χ2v) is 8.07. The van der Waals surface area contributed by atoms with Crippen LogP contribution in [-0.4, -0.2) is 22.4 Å². The lowest BCUT2D eigenvalue weighted by Gasteiger charge is -2.60. The lowest BCUT2D eigenvalue weighted by Crippen LogP contribution is -2.76. The molecular weight excluding hydrogens is 324 g/mol. The van der Waals surface area contributed by atoms with Crippen LogP contribution in [0.15, 0.2) is 24.3 Å². The van der Waals surface area contributed by atoms with Gasteiger partial charge in [-0.1, -0.05) is 37.3 Å². The van der Waals surface area contributed by atoms with E-state index in [4.69, 9.17) is 11.6 Å². The van der Waals surface area contributed by atoms with E-state index >= 15 is 0 Å². The molecule has 3 aliphatic rings. The van der Waals surface area contributed by atoms with Crippen LogP contribution >= 0.6 is 11.6 Å². The quantitative estimate of drug-likeness (QED) is 0.787. The van der Waals surface area contributed by atoms with Gasteiger partial charge in [0.25, 0.3) is 0 Å². The molecule has 2 atom stereocenters. The molecule has 0 aromatic heterocycles. The summed E-state index contributed by atoms with van der Waals surface area (Å²) in [5.41, 5.74) is -0.601. The molecule has 4 nitrogen and oxygen atoms in total. The monoisotopic (exact) mass is 348 g/mol. The van der Waals surface area contributed by atoms with E-state index in [1.165, 1.54) is 6.42 Å². The molecule has 2 saturated carbocycles. The highest BCUT2D eigenvalue weighted by atomic mass is 35.5. The Balaban J connectivity index is 1.76. The number of benzene rings is 1. The van der Waals surface area contributed by atoms with Crippen LogP contribution in [0.3, 0.4) is 0 Å². The molecule has 0 bridgehead atoms. The Hall–Kier alpha value is -1.26. The van der Waals surface area contributed by atoms with Crippen molar-refractivity contribution in [2.45, 2.75) is 69.1 Å². The third kappa shape index (κ3) is 2.42. The molecule has 24 heavy (non-hydrogen) atoms. The molecule has 0 unspecified atom stereocenters. The number of rotatable bonds is 1. The van der Waals surface area contributed by atoms with Crippen molar-refractivity contribution in [1.82, 2.24) is 5.32 Å². The van der Waals surface area contributed by atoms with Gasteiger partial charge in [-0.2, -0.15) is 0 Å². The number of fused-ring (bicyclic) bond motifs is 2. The Kier molecular flexibility index (Phi) is 4.00. The summed E-state index contributed by atoms with van der Waals surface area (Å²) < 4.78 is 0. The predicted molar refractivity (Wildman–Crippen MR) is 95.2 cm³/mol. The second kappa shape index (κ2) is 5.92. The summed E-state index contributed by atoms with van der Waals surface area (Å²) in [7, 11) is 0. The lowest BCUT2D eigenvalue weighted by molar-refractivity contribution is -0.101. The average molecular weight is 349 g/mol. The maximum atomic E-state index is 13.0. The Morgan fingerprint density at radius 2 is 1.71 bits per heavy atom. The van der Waals surface area contributed by atoms with Gasteiger partial charge in [-0.05, 0) is 56.4 Å². The van der Waals surface area contributed by atoms with Crippen molar-refractivity contribution < 1.29 is 9.90 Å². The Morgan fingerprint density at radius 1 is 1.04 bits per heavy atom. The number of halogens is 1. The number of carbonyl (C=O) groups excluding carboxylic acids is 1. The zero-order valence-electron chi connectivity index (χ0n) is 13.9. The number of nitrogens with zero attached hydrogens (tertiary/aromatic N) is 1. The first-order chi connectivity index (χ1) is 11.6. The molecule has 5 heteroatoms. The Bertz CT molecular complexity index is 627. The molecule has 2 aliphatic carbocycles. The fourth-order valence-corrected chi connectivity index (χ4v) is 5.37. The van der Waals surface area contributed by atoms with Gasteiger partial charge in [0.05, 0.1) is 0 Å². The highest BCUT2D eigenvalue weighted by molar-refractivity contribution is 6.30. The summed E-state index contributed by atoms with van der Waals surface area (Å²) in [6, 6.07) is 7.03. The zero-order chi connectivity index (χ0) is 16.8. The molecule has 1 aromatic carbocycles. The number of anilines is 1. The molecule has 1 aromatic rings. The Morgan fingerprint density at radius 3 is 2.42 bits per heavy atom. The zero-order valence-corrected chi connectivity index (χ0v) is 14.7. The van der Waals surface area contributed by atoms with Gasteiger partial charge < -0.3 is 10.4 Å². The number of hydrogen-bond acceptors (Lipinski definition) is 2. The van der Waals surface area contributed by atoms with Gasteiger partial charge in [0.15, 0.2) is 5.72 Å². The van der Waals surface area contributed by atoms with E-state index in [-0.39, 0.29) is 17.5 Å². The van der Waals surface area contributed by atoms with E-state index in [1.54, 1.807) is 17.0 Å². The summed E-state index contributed by atoms with van der Waals surface area (Å²) in [4.78, 5) is 14.6. The van der Waals surface area contributed by atoms with Crippen LogP contribution in [0.1, 0.15) is 57.8 Å². The van der Waals surface area contributed by atoms with Gasteiger partial charge in [0.2, 0.25) is 0 Å². The van der Waals surface area contributed by atoms with Crippen molar-refractivity contribution in [3.8, 4) is 0 Å². The number of amides is 2. The van der Waals surface area contributed by atoms with Crippen LogP contribution in [0.25, 0.3) is 0 Å². The molecule has 1 spiro atoms. The number of aliphatic hydroxyl groups is 1. The highest BCUT2D eigenvalue weighted by Gasteiger charge is 2.60. The minimum absolute atomic E-state index is 0.0902. The minimum atomic E-state index is -1.09. The van der Waals surface area contributed by atoms with Crippen LogP contribution in [0.4, 0.5) is 10.5 Å². The topological polar surface area (TPSA) is 52.6 Å². The standard InChI is InChI=1S/C19H25ClN2O2/c20-14-7-9-15(10-8-14)22-17(23)21-18(11-3-1-4-12-18)16-6-2-5-13-19(16,22)24/h7-10,16,24H,1-6,11-13H2,(H,21,23)/t16-,19-/m0/s1. The van der Waals surface area contributed by atoms with E-state index in [2.05, 4.69) is 5.32 Å². The number of carbonyl (C=O) groups is 1. The normalized spacial score (nSPS) is 32.3. The van der Waals surface area contributed by atoms with Crippen molar-refractivity contribution in [2.75, 3.05) is 4.90 Å². The van der Waals surface area contributed by atoms with Crippen molar-refractivity contribution in [2.24, 2.45) is 5.92 Å². The van der Waals surface area contributed by atoms with E-state index in [0.717, 1.165) is 50.6 Å². The summed E-state index contributed by atoms with van der Waals surface area (Å²) >= 11 is 5.99. The third-order valence-electron chi connectivity index (χ3n) is 6.29. The predicted octanol–water partition coefficient (Wildman–Crippen LogP) is 4.45. The molecule has 3 fully saturated rings. The fourth-order valence-electron chi connectivity index (χ4n) is 5.24. The van der Waals surface area contributed by atoms with Crippen LogP contribution in [0.5, 0.6) is 0 Å². The van der Waals surface area contributed by atoms with Gasteiger partial charge in [-0.15, -0.1) is 0 Å². The van der Waals surface area contributed by atoms with Crippen LogP contribution in [0.2, 0.25) is 5.02 Å². The van der Waals surface area contributed by atoms with E-state index in [9.17, 15) is 9.90 Å². The van der Waals surface area contributed by atoms with Crippen LogP contribution in [0, 0.1) is 5.92 Å². The van der Waals surface area contributed by atoms with Gasteiger partial charge in [-0.3, -0.25) is 4.90 Å². The molecule has 130 valence electrons. The third-order valence-corrected chi connectivity index (χ3v) is 6.54. The Labute approximate surface area is 148 Å². The van der Waals surface area contributed by atoms with Crippen LogP contribution < -0.4 is 10.2 Å². The van der Waals surface area contributed by atoms with Crippen molar-refractivity contribution >= 4 is 23.3 Å². The molecular formula is C19H25ClN2O2. The lowest BCUT2D eigenvalue weighted by atomic mass is 9.62. The average Bonchev–Trinajstić information content (AvgIpc) is 2.57. The maximum absolute atomic E-state index is 13.0. The maximum Gasteiger partial charge on any atom is 0.324 e. The van der Waals surface area contributed by atoms with Gasteiger partial charge in [0.1, 0.15) is 0 Å². The van der Waals surface area contributed by atoms with Gasteiger partial charge >= 0.3 is 6.03 Å². The van der Waals surface area contributed by atoms with Crippen molar-refractivity contribution in [1.29, 1.82) is 0 Å². The van der Waals surface area contributed by atoms with Crippen molar-refractivity contribution in [3.05, 3.63) is 29.3 Å². The molecule has 0 radical (unpaired) electrons. The van der Waals surface area contributed by atoms with Gasteiger partial charge in [-0.25, -0.2) is 4.79 Å². The van der Waals surface area contributed by atoms with E-state index < -0.39 is 5.72 Å². The van der Waals surface area contributed by atoms with Crippen LogP contribution in [-0.2, 0) is 0 Å². The summed E-state index contributed by atoms with van der Waals surface area (Å²) in [5, 5.41) is 15.6. The summed E-state index contributed by atoms with van der Waals surface area (Å²) in [6.07, 6.45) is 9.17. The molecule has 1 saturated heterocycles. The number of hydrogen-bond donors (Lipinski definition) is 2. The van der Waals surface area contributed by atoms with E-state index in [0.29, 0.717) is 11.4 Å². The SMILES string of the molecule is O=C1NC2(CCCCC2)[C@@H]2CCCC[C@@]2(O)N1c1ccc(Cl)cc1. The highest BCUT2D eigenvalue weighted by Crippen LogP contribution is 2.51. The first kappa shape index (κ1) is 16.2. The number of urea groups is 1.